The molecule has 0 spiro atoms. The van der Waals surface area contributed by atoms with Crippen LogP contribution in [0.2, 0.25) is 0 Å². The molecular formula is C12H12N4O. The van der Waals surface area contributed by atoms with E-state index in [0.29, 0.717) is 0 Å². The molecule has 1 heterocycles. The average Bonchev–Trinajstić information content (AvgIpc) is 2.29. The highest BCUT2D eigenvalue weighted by Crippen LogP contribution is 2.10. The maximum absolute atomic E-state index is 11.8. The number of carbonyl (C=O) groups excluding carboxylic acids is 1. The molecule has 0 saturated heterocycles. The van der Waals surface area contributed by atoms with Crippen LogP contribution in [-0.2, 0) is 0 Å². The van der Waals surface area contributed by atoms with Crippen LogP contribution in [0, 0.1) is 6.92 Å². The molecule has 1 amide bonds. The Bertz CT molecular complexity index is 536. The molecule has 17 heavy (non-hydrogen) atoms. The number of carbonyl (C=O) groups is 1. The van der Waals surface area contributed by atoms with Crippen LogP contribution >= 0.6 is 0 Å². The van der Waals surface area contributed by atoms with Crippen molar-refractivity contribution < 1.29 is 4.79 Å². The lowest BCUT2D eigenvalue weighted by Gasteiger charge is -2.05. The van der Waals surface area contributed by atoms with Crippen molar-refractivity contribution in [3.05, 3.63) is 47.9 Å². The molecule has 0 aliphatic heterocycles. The quantitative estimate of drug-likeness (QED) is 0.818. The number of hydrogen-bond acceptors (Lipinski definition) is 4. The lowest BCUT2D eigenvalue weighted by Crippen LogP contribution is -2.14. The minimum atomic E-state index is -0.303. The van der Waals surface area contributed by atoms with Gasteiger partial charge < -0.3 is 11.1 Å². The summed E-state index contributed by atoms with van der Waals surface area (Å²) in [6, 6.07) is 7.52. The number of nitrogens with two attached hydrogens (primary N) is 1. The third-order valence-corrected chi connectivity index (χ3v) is 2.18. The topological polar surface area (TPSA) is 80.9 Å². The van der Waals surface area contributed by atoms with Crippen molar-refractivity contribution in [2.45, 2.75) is 6.92 Å². The van der Waals surface area contributed by atoms with Crippen LogP contribution in [0.3, 0.4) is 0 Å². The first-order chi connectivity index (χ1) is 8.15. The fourth-order valence-corrected chi connectivity index (χ4v) is 1.37. The van der Waals surface area contributed by atoms with Crippen LogP contribution in [0.25, 0.3) is 0 Å². The molecule has 1 aromatic heterocycles. The fraction of sp³-hybridized carbons (Fsp3) is 0.0833. The predicted octanol–water partition coefficient (Wildman–Crippen LogP) is 1.62. The summed E-state index contributed by atoms with van der Waals surface area (Å²) in [4.78, 5) is 19.5. The first-order valence-corrected chi connectivity index (χ1v) is 5.11. The maximum atomic E-state index is 11.8. The van der Waals surface area contributed by atoms with E-state index in [-0.39, 0.29) is 17.4 Å². The minimum absolute atomic E-state index is 0.237. The van der Waals surface area contributed by atoms with Crippen molar-refractivity contribution in [1.82, 2.24) is 9.97 Å². The summed E-state index contributed by atoms with van der Waals surface area (Å²) >= 11 is 0. The zero-order valence-corrected chi connectivity index (χ0v) is 9.34. The number of aryl methyl sites for hydroxylation is 1. The van der Waals surface area contributed by atoms with Crippen molar-refractivity contribution in [2.24, 2.45) is 0 Å². The van der Waals surface area contributed by atoms with E-state index in [9.17, 15) is 4.79 Å². The lowest BCUT2D eigenvalue weighted by molar-refractivity contribution is 0.102. The number of nitrogen functional groups attached to an aromatic ring is 1. The van der Waals surface area contributed by atoms with Gasteiger partial charge in [0.1, 0.15) is 11.5 Å². The van der Waals surface area contributed by atoms with Crippen molar-refractivity contribution >= 4 is 17.4 Å². The van der Waals surface area contributed by atoms with Crippen LogP contribution in [-0.4, -0.2) is 15.9 Å². The Labute approximate surface area is 98.7 Å². The Hall–Kier alpha value is -2.43. The van der Waals surface area contributed by atoms with E-state index in [4.69, 9.17) is 5.73 Å². The lowest BCUT2D eigenvalue weighted by atomic mass is 10.2. The normalized spacial score (nSPS) is 9.94. The predicted molar refractivity (Wildman–Crippen MR) is 65.6 cm³/mol. The third kappa shape index (κ3) is 2.78. The molecule has 3 N–H and O–H groups in total. The van der Waals surface area contributed by atoms with E-state index in [2.05, 4.69) is 15.3 Å². The number of amides is 1. The molecular weight excluding hydrogens is 216 g/mol. The van der Waals surface area contributed by atoms with Gasteiger partial charge in [0.05, 0.1) is 12.4 Å². The second-order valence-corrected chi connectivity index (χ2v) is 3.65. The maximum Gasteiger partial charge on any atom is 0.275 e. The molecule has 0 atom stereocenters. The molecule has 0 bridgehead atoms. The van der Waals surface area contributed by atoms with Crippen LogP contribution in [0.5, 0.6) is 0 Å². The van der Waals surface area contributed by atoms with Gasteiger partial charge in [-0.25, -0.2) is 9.97 Å². The summed E-state index contributed by atoms with van der Waals surface area (Å²) in [6.45, 7) is 1.96. The number of hydrogen-bond donors (Lipinski definition) is 2. The Morgan fingerprint density at radius 1 is 1.29 bits per heavy atom. The Morgan fingerprint density at radius 3 is 2.76 bits per heavy atom. The second-order valence-electron chi connectivity index (χ2n) is 3.65. The van der Waals surface area contributed by atoms with E-state index in [0.717, 1.165) is 11.3 Å². The highest BCUT2D eigenvalue weighted by molar-refractivity contribution is 6.02. The van der Waals surface area contributed by atoms with Crippen molar-refractivity contribution in [3.63, 3.8) is 0 Å². The van der Waals surface area contributed by atoms with Gasteiger partial charge in [0.25, 0.3) is 5.91 Å². The van der Waals surface area contributed by atoms with Gasteiger partial charge in [0, 0.05) is 5.69 Å². The standard InChI is InChI=1S/C12H12N4O/c1-8-3-2-4-9(5-8)16-12(17)10-6-15-11(13)7-14-10/h2-7H,1H3,(H2,13,15)(H,16,17). The van der Waals surface area contributed by atoms with Gasteiger partial charge in [-0.05, 0) is 24.6 Å². The zero-order valence-electron chi connectivity index (χ0n) is 9.34. The summed E-state index contributed by atoms with van der Waals surface area (Å²) in [5, 5.41) is 2.74. The molecule has 0 unspecified atom stereocenters. The van der Waals surface area contributed by atoms with Crippen LogP contribution < -0.4 is 11.1 Å². The SMILES string of the molecule is Cc1cccc(NC(=O)c2cnc(N)cn2)c1. The first-order valence-electron chi connectivity index (χ1n) is 5.11. The molecule has 5 nitrogen and oxygen atoms in total. The fourth-order valence-electron chi connectivity index (χ4n) is 1.37. The van der Waals surface area contributed by atoms with Gasteiger partial charge in [-0.2, -0.15) is 0 Å². The molecule has 0 saturated carbocycles. The molecule has 5 heteroatoms. The van der Waals surface area contributed by atoms with Gasteiger partial charge in [-0.15, -0.1) is 0 Å². The molecule has 0 aliphatic carbocycles. The van der Waals surface area contributed by atoms with Gasteiger partial charge in [-0.3, -0.25) is 4.79 Å². The summed E-state index contributed by atoms with van der Waals surface area (Å²) in [5.41, 5.74) is 7.44. The Balaban J connectivity index is 2.14. The molecule has 0 radical (unpaired) electrons. The van der Waals surface area contributed by atoms with Gasteiger partial charge in [0.15, 0.2) is 0 Å². The van der Waals surface area contributed by atoms with E-state index < -0.39 is 0 Å². The van der Waals surface area contributed by atoms with E-state index in [1.165, 1.54) is 12.4 Å². The van der Waals surface area contributed by atoms with Crippen LogP contribution in [0.15, 0.2) is 36.7 Å². The number of anilines is 2. The average molecular weight is 228 g/mol. The molecule has 0 aliphatic rings. The number of nitrogens with zero attached hydrogens (tertiary/aromatic N) is 2. The van der Waals surface area contributed by atoms with Crippen LogP contribution in [0.4, 0.5) is 11.5 Å². The third-order valence-electron chi connectivity index (χ3n) is 2.18. The van der Waals surface area contributed by atoms with E-state index in [1.54, 1.807) is 0 Å². The van der Waals surface area contributed by atoms with E-state index in [1.807, 2.05) is 31.2 Å². The highest BCUT2D eigenvalue weighted by atomic mass is 16.1. The van der Waals surface area contributed by atoms with Crippen LogP contribution in [0.1, 0.15) is 16.1 Å². The summed E-state index contributed by atoms with van der Waals surface area (Å²) in [7, 11) is 0. The van der Waals surface area contributed by atoms with E-state index >= 15 is 0 Å². The summed E-state index contributed by atoms with van der Waals surface area (Å²) < 4.78 is 0. The molecule has 1 aromatic carbocycles. The Kier molecular flexibility index (Phi) is 3.00. The van der Waals surface area contributed by atoms with Gasteiger partial charge in [0.2, 0.25) is 0 Å². The van der Waals surface area contributed by atoms with Crippen molar-refractivity contribution in [3.8, 4) is 0 Å². The number of aromatic nitrogens is 2. The number of rotatable bonds is 2. The van der Waals surface area contributed by atoms with Crippen molar-refractivity contribution in [2.75, 3.05) is 11.1 Å². The summed E-state index contributed by atoms with van der Waals surface area (Å²) in [5.74, 6) is -0.0137. The molecule has 2 rings (SSSR count). The smallest absolute Gasteiger partial charge is 0.275 e. The first kappa shape index (κ1) is 11.1. The number of nitrogens with one attached hydrogen (secondary N) is 1. The molecule has 0 fully saturated rings. The van der Waals surface area contributed by atoms with Gasteiger partial charge in [-0.1, -0.05) is 12.1 Å². The molecule has 86 valence electrons. The van der Waals surface area contributed by atoms with Crippen molar-refractivity contribution in [1.29, 1.82) is 0 Å². The Morgan fingerprint density at radius 2 is 2.12 bits per heavy atom. The summed E-state index contributed by atoms with van der Waals surface area (Å²) in [6.07, 6.45) is 2.70. The monoisotopic (exact) mass is 228 g/mol. The molecule has 2 aromatic rings. The highest BCUT2D eigenvalue weighted by Gasteiger charge is 2.07. The zero-order chi connectivity index (χ0) is 12.3. The largest absolute Gasteiger partial charge is 0.382 e. The number of benzene rings is 1. The minimum Gasteiger partial charge on any atom is -0.382 e. The second kappa shape index (κ2) is 4.61. The van der Waals surface area contributed by atoms with Gasteiger partial charge >= 0.3 is 0 Å².